The standard InChI is InChI=1S/C8H13BrN4/c1-3-13(4-2)8-7(10)11-5-6(9)12-8/h5H,3-4H2,1-2H3,(H2,10,11). The first-order valence-corrected chi connectivity index (χ1v) is 5.01. The van der Waals surface area contributed by atoms with Gasteiger partial charge < -0.3 is 10.6 Å². The monoisotopic (exact) mass is 244 g/mol. The predicted octanol–water partition coefficient (Wildman–Crippen LogP) is 1.67. The molecule has 0 amide bonds. The molecule has 0 spiro atoms. The lowest BCUT2D eigenvalue weighted by molar-refractivity contribution is 0.840. The van der Waals surface area contributed by atoms with Gasteiger partial charge in [-0.15, -0.1) is 0 Å². The third-order valence-corrected chi connectivity index (χ3v) is 2.20. The van der Waals surface area contributed by atoms with Crippen LogP contribution >= 0.6 is 15.9 Å². The number of hydrogen-bond acceptors (Lipinski definition) is 4. The van der Waals surface area contributed by atoms with Crippen LogP contribution < -0.4 is 10.6 Å². The zero-order valence-corrected chi connectivity index (χ0v) is 9.37. The summed E-state index contributed by atoms with van der Waals surface area (Å²) in [5, 5.41) is 0. The molecular weight excluding hydrogens is 232 g/mol. The summed E-state index contributed by atoms with van der Waals surface area (Å²) in [6, 6.07) is 0. The van der Waals surface area contributed by atoms with E-state index in [1.54, 1.807) is 6.20 Å². The van der Waals surface area contributed by atoms with Gasteiger partial charge in [-0.25, -0.2) is 9.97 Å². The average molecular weight is 245 g/mol. The molecule has 2 N–H and O–H groups in total. The van der Waals surface area contributed by atoms with E-state index in [-0.39, 0.29) is 0 Å². The normalized spacial score (nSPS) is 10.1. The van der Waals surface area contributed by atoms with E-state index in [4.69, 9.17) is 5.73 Å². The van der Waals surface area contributed by atoms with Crippen molar-refractivity contribution in [1.29, 1.82) is 0 Å². The van der Waals surface area contributed by atoms with E-state index in [9.17, 15) is 0 Å². The van der Waals surface area contributed by atoms with Gasteiger partial charge in [0, 0.05) is 13.1 Å². The number of nitrogens with zero attached hydrogens (tertiary/aromatic N) is 3. The van der Waals surface area contributed by atoms with Crippen LogP contribution in [0.1, 0.15) is 13.8 Å². The lowest BCUT2D eigenvalue weighted by Crippen LogP contribution is -2.24. The number of nitrogen functional groups attached to an aromatic ring is 1. The molecular formula is C8H13BrN4. The summed E-state index contributed by atoms with van der Waals surface area (Å²) in [5.41, 5.74) is 5.71. The number of nitrogens with two attached hydrogens (primary N) is 1. The maximum atomic E-state index is 5.71. The van der Waals surface area contributed by atoms with Crippen LogP contribution in [0.4, 0.5) is 11.6 Å². The van der Waals surface area contributed by atoms with E-state index >= 15 is 0 Å². The van der Waals surface area contributed by atoms with Gasteiger partial charge in [0.1, 0.15) is 4.60 Å². The minimum atomic E-state index is 0.479. The van der Waals surface area contributed by atoms with Crippen LogP contribution in [0.25, 0.3) is 0 Å². The van der Waals surface area contributed by atoms with Crippen LogP contribution in [0.5, 0.6) is 0 Å². The molecule has 72 valence electrons. The Hall–Kier alpha value is -0.840. The molecule has 4 nitrogen and oxygen atoms in total. The quantitative estimate of drug-likeness (QED) is 0.879. The largest absolute Gasteiger partial charge is 0.381 e. The topological polar surface area (TPSA) is 55.0 Å². The molecule has 0 aliphatic heterocycles. The first-order valence-electron chi connectivity index (χ1n) is 4.22. The maximum absolute atomic E-state index is 5.71. The molecule has 0 saturated carbocycles. The van der Waals surface area contributed by atoms with Gasteiger partial charge in [0.2, 0.25) is 0 Å². The maximum Gasteiger partial charge on any atom is 0.172 e. The minimum absolute atomic E-state index is 0.479. The molecule has 1 aromatic rings. The van der Waals surface area contributed by atoms with Crippen LogP contribution in [-0.2, 0) is 0 Å². The van der Waals surface area contributed by atoms with Crippen molar-refractivity contribution < 1.29 is 0 Å². The Bertz CT molecular complexity index is 285. The highest BCUT2D eigenvalue weighted by atomic mass is 79.9. The lowest BCUT2D eigenvalue weighted by Gasteiger charge is -2.20. The molecule has 0 saturated heterocycles. The van der Waals surface area contributed by atoms with Crippen LogP contribution in [0, 0.1) is 0 Å². The Labute approximate surface area is 86.3 Å². The second-order valence-corrected chi connectivity index (χ2v) is 3.39. The molecule has 0 aromatic carbocycles. The molecule has 1 rings (SSSR count). The highest BCUT2D eigenvalue weighted by molar-refractivity contribution is 9.10. The molecule has 13 heavy (non-hydrogen) atoms. The Morgan fingerprint density at radius 2 is 2.08 bits per heavy atom. The molecule has 5 heteroatoms. The average Bonchev–Trinajstić information content (AvgIpc) is 2.13. The van der Waals surface area contributed by atoms with Gasteiger partial charge in [0.25, 0.3) is 0 Å². The molecule has 1 aromatic heterocycles. The Morgan fingerprint density at radius 1 is 1.46 bits per heavy atom. The fourth-order valence-electron chi connectivity index (χ4n) is 1.12. The zero-order chi connectivity index (χ0) is 9.84. The van der Waals surface area contributed by atoms with Gasteiger partial charge in [-0.1, -0.05) is 0 Å². The smallest absolute Gasteiger partial charge is 0.172 e. The van der Waals surface area contributed by atoms with Crippen LogP contribution in [0.2, 0.25) is 0 Å². The summed E-state index contributed by atoms with van der Waals surface area (Å²) in [4.78, 5) is 10.4. The summed E-state index contributed by atoms with van der Waals surface area (Å²) in [6.07, 6.45) is 1.60. The summed E-state index contributed by atoms with van der Waals surface area (Å²) in [5.74, 6) is 1.23. The zero-order valence-electron chi connectivity index (χ0n) is 7.79. The number of aromatic nitrogens is 2. The summed E-state index contributed by atoms with van der Waals surface area (Å²) in [7, 11) is 0. The van der Waals surface area contributed by atoms with Crippen LogP contribution in [-0.4, -0.2) is 23.1 Å². The minimum Gasteiger partial charge on any atom is -0.381 e. The Morgan fingerprint density at radius 3 is 2.62 bits per heavy atom. The van der Waals surface area contributed by atoms with Crippen molar-refractivity contribution >= 4 is 27.6 Å². The molecule has 0 atom stereocenters. The van der Waals surface area contributed by atoms with Crippen molar-refractivity contribution in [3.8, 4) is 0 Å². The molecule has 0 unspecified atom stereocenters. The van der Waals surface area contributed by atoms with E-state index in [1.165, 1.54) is 0 Å². The van der Waals surface area contributed by atoms with Gasteiger partial charge in [-0.2, -0.15) is 0 Å². The van der Waals surface area contributed by atoms with Crippen LogP contribution in [0.15, 0.2) is 10.8 Å². The van der Waals surface area contributed by atoms with Crippen molar-refractivity contribution in [3.63, 3.8) is 0 Å². The van der Waals surface area contributed by atoms with Crippen molar-refractivity contribution in [3.05, 3.63) is 10.8 Å². The van der Waals surface area contributed by atoms with E-state index in [1.807, 2.05) is 0 Å². The van der Waals surface area contributed by atoms with E-state index < -0.39 is 0 Å². The third kappa shape index (κ3) is 2.30. The Kier molecular flexibility index (Phi) is 3.48. The molecule has 0 bridgehead atoms. The fraction of sp³-hybridized carbons (Fsp3) is 0.500. The van der Waals surface area contributed by atoms with Gasteiger partial charge in [-0.3, -0.25) is 0 Å². The van der Waals surface area contributed by atoms with Crippen molar-refractivity contribution in [1.82, 2.24) is 9.97 Å². The lowest BCUT2D eigenvalue weighted by atomic mass is 10.4. The SMILES string of the molecule is CCN(CC)c1nc(Br)cnc1N. The molecule has 0 radical (unpaired) electrons. The predicted molar refractivity (Wildman–Crippen MR) is 57.7 cm³/mol. The first kappa shape index (κ1) is 10.2. The van der Waals surface area contributed by atoms with Crippen LogP contribution in [0.3, 0.4) is 0 Å². The number of rotatable bonds is 3. The van der Waals surface area contributed by atoms with E-state index in [0.717, 1.165) is 18.9 Å². The third-order valence-electron chi connectivity index (χ3n) is 1.81. The summed E-state index contributed by atoms with van der Waals surface area (Å²) < 4.78 is 0.712. The van der Waals surface area contributed by atoms with Crippen molar-refractivity contribution in [2.75, 3.05) is 23.7 Å². The van der Waals surface area contributed by atoms with Crippen molar-refractivity contribution in [2.24, 2.45) is 0 Å². The summed E-state index contributed by atoms with van der Waals surface area (Å²) in [6.45, 7) is 5.88. The van der Waals surface area contributed by atoms with Gasteiger partial charge in [-0.05, 0) is 29.8 Å². The van der Waals surface area contributed by atoms with E-state index in [0.29, 0.717) is 10.4 Å². The molecule has 0 fully saturated rings. The highest BCUT2D eigenvalue weighted by Crippen LogP contribution is 2.19. The number of anilines is 2. The highest BCUT2D eigenvalue weighted by Gasteiger charge is 2.08. The second kappa shape index (κ2) is 4.41. The van der Waals surface area contributed by atoms with Crippen molar-refractivity contribution in [2.45, 2.75) is 13.8 Å². The second-order valence-electron chi connectivity index (χ2n) is 2.57. The number of hydrogen-bond donors (Lipinski definition) is 1. The van der Waals surface area contributed by atoms with Gasteiger partial charge in [0.15, 0.2) is 11.6 Å². The van der Waals surface area contributed by atoms with Gasteiger partial charge in [0.05, 0.1) is 6.20 Å². The molecule has 0 aliphatic rings. The number of halogens is 1. The molecule has 0 aliphatic carbocycles. The van der Waals surface area contributed by atoms with E-state index in [2.05, 4.69) is 44.6 Å². The Balaban J connectivity index is 3.03. The fourth-order valence-corrected chi connectivity index (χ4v) is 1.39. The summed E-state index contributed by atoms with van der Waals surface area (Å²) >= 11 is 3.27. The first-order chi connectivity index (χ1) is 6.19. The molecule has 1 heterocycles. The van der Waals surface area contributed by atoms with Gasteiger partial charge >= 0.3 is 0 Å².